The van der Waals surface area contributed by atoms with Gasteiger partial charge in [0.25, 0.3) is 0 Å². The van der Waals surface area contributed by atoms with E-state index in [-0.39, 0.29) is 76.1 Å². The molecule has 0 bridgehead atoms. The van der Waals surface area contributed by atoms with E-state index in [4.69, 9.17) is 0 Å². The first-order valence-electron chi connectivity index (χ1n) is 15.1. The first-order valence-corrected chi connectivity index (χ1v) is 15.1. The molecule has 4 aromatic carbocycles. The number of halogens is 1. The Balaban J connectivity index is 0.00000173. The summed E-state index contributed by atoms with van der Waals surface area (Å²) in [6.45, 7) is 3.03. The van der Waals surface area contributed by atoms with Crippen molar-refractivity contribution in [1.82, 2.24) is 46.2 Å². The number of imidazole rings is 1. The van der Waals surface area contributed by atoms with Crippen LogP contribution in [0.15, 0.2) is 103 Å². The summed E-state index contributed by atoms with van der Waals surface area (Å²) < 4.78 is 2.36. The van der Waals surface area contributed by atoms with E-state index < -0.39 is 0 Å². The largest absolute Gasteiger partial charge is 1.00 e. The molecule has 0 atom stereocenters. The summed E-state index contributed by atoms with van der Waals surface area (Å²) in [7, 11) is 0. The van der Waals surface area contributed by atoms with Crippen molar-refractivity contribution in [2.45, 2.75) is 39.2 Å². The van der Waals surface area contributed by atoms with E-state index in [0.29, 0.717) is 11.6 Å². The second-order valence-corrected chi connectivity index (χ2v) is 11.0. The normalized spacial score (nSPS) is 10.5. The first-order chi connectivity index (χ1) is 22.3. The number of tetrazole rings is 2. The maximum absolute atomic E-state index is 4.06. The molecule has 1 N–H and O–H groups in total. The van der Waals surface area contributed by atoms with Crippen LogP contribution in [0.1, 0.15) is 42.3 Å². The number of hydrogen-bond donors (Lipinski definition) is 1. The van der Waals surface area contributed by atoms with Gasteiger partial charge in [-0.3, -0.25) is 20.9 Å². The number of aromatic nitrogens is 10. The molecule has 0 saturated heterocycles. The fraction of sp³-hybridized carbons (Fsp3) is 0.171. The van der Waals surface area contributed by atoms with Crippen molar-refractivity contribution < 1.29 is 80.7 Å². The van der Waals surface area contributed by atoms with Crippen LogP contribution in [0.3, 0.4) is 0 Å². The summed E-state index contributed by atoms with van der Waals surface area (Å²) >= 11 is 0. The van der Waals surface area contributed by atoms with Crippen LogP contribution < -0.4 is 91.1 Å². The second-order valence-electron chi connectivity index (χ2n) is 11.0. The molecule has 0 aliphatic carbocycles. The monoisotopic (exact) mass is 716 g/mol. The zero-order valence-corrected chi connectivity index (χ0v) is 32.8. The van der Waals surface area contributed by atoms with E-state index in [0.717, 1.165) is 65.6 Å². The predicted octanol–water partition coefficient (Wildman–Crippen LogP) is -3.75. The average molecular weight is 718 g/mol. The number of nitrogens with one attached hydrogen (secondary N) is 1. The van der Waals surface area contributed by atoms with Gasteiger partial charge in [0.15, 0.2) is 0 Å². The van der Waals surface area contributed by atoms with Crippen molar-refractivity contribution >= 4 is 0 Å². The molecule has 230 valence electrons. The van der Waals surface area contributed by atoms with Gasteiger partial charge in [-0.25, -0.2) is 19.7 Å². The van der Waals surface area contributed by atoms with Crippen LogP contribution in [0.4, 0.5) is 0 Å². The van der Waals surface area contributed by atoms with Gasteiger partial charge in [0.2, 0.25) is 6.33 Å². The van der Waals surface area contributed by atoms with E-state index in [1.165, 1.54) is 22.5 Å². The van der Waals surface area contributed by atoms with Crippen molar-refractivity contribution in [1.29, 1.82) is 0 Å². The van der Waals surface area contributed by atoms with Crippen molar-refractivity contribution in [3.8, 4) is 45.0 Å². The minimum atomic E-state index is 0. The Hall–Kier alpha value is -3.29. The molecule has 0 aliphatic rings. The van der Waals surface area contributed by atoms with E-state index in [2.05, 4.69) is 125 Å². The molecule has 0 unspecified atom stereocenters. The van der Waals surface area contributed by atoms with Gasteiger partial charge >= 0.3 is 59.1 Å². The van der Waals surface area contributed by atoms with Gasteiger partial charge < -0.3 is 27.2 Å². The number of hydrogen-bond acceptors (Lipinski definition) is 6. The molecule has 0 spiro atoms. The number of benzene rings is 4. The van der Waals surface area contributed by atoms with Gasteiger partial charge in [0.1, 0.15) is 17.9 Å². The first kappa shape index (κ1) is 37.5. The second kappa shape index (κ2) is 17.9. The molecule has 7 aromatic rings. The minimum Gasteiger partial charge on any atom is -1.00 e. The molecular formula is C35H31BrN10Na2. The molecule has 0 aliphatic heterocycles. The van der Waals surface area contributed by atoms with Gasteiger partial charge in [-0.05, 0) is 39.8 Å². The Kier molecular flexibility index (Phi) is 14.0. The van der Waals surface area contributed by atoms with Crippen LogP contribution in [-0.4, -0.2) is 35.8 Å². The fourth-order valence-electron chi connectivity index (χ4n) is 5.78. The Morgan fingerprint density at radius 2 is 1.15 bits per heavy atom. The maximum Gasteiger partial charge on any atom is 1.00 e. The molecule has 7 rings (SSSR count). The van der Waals surface area contributed by atoms with Crippen LogP contribution in [-0.2, 0) is 19.4 Å². The maximum atomic E-state index is 4.06. The fourth-order valence-corrected chi connectivity index (χ4v) is 5.78. The Morgan fingerprint density at radius 1 is 0.646 bits per heavy atom. The van der Waals surface area contributed by atoms with E-state index in [9.17, 15) is 0 Å². The summed E-state index contributed by atoms with van der Waals surface area (Å²) in [5.74, 6) is 1.07. The molecule has 10 nitrogen and oxygen atoms in total. The average Bonchev–Trinajstić information content (AvgIpc) is 3.89. The standard InChI is InChI=1S/C35H30N10.BrH.2Na/c1-2-3-12-33-32(21-24-13-17-26(18-14-24)28-8-4-6-10-30(28)34-37-41-42-38-34)36-23-45(33)22-25-15-19-27(20-16-25)29-9-5-7-11-31(29)35-39-43-44-40-35;;;/h4-11,13-20,23H,2-3,12,21-22H2,1H3;1H;;/q-2;;2*+1. The molecule has 0 saturated carbocycles. The van der Waals surface area contributed by atoms with Crippen LogP contribution in [0.25, 0.3) is 45.0 Å². The molecule has 0 amide bonds. The number of nitrogens with zero attached hydrogens (tertiary/aromatic N) is 9. The minimum absolute atomic E-state index is 0. The third-order valence-electron chi connectivity index (χ3n) is 8.09. The molecule has 3 aromatic heterocycles. The van der Waals surface area contributed by atoms with Crippen LogP contribution in [0.2, 0.25) is 0 Å². The number of rotatable bonds is 11. The predicted molar refractivity (Wildman–Crippen MR) is 170 cm³/mol. The Bertz CT molecular complexity index is 1850. The molecule has 13 heteroatoms. The quantitative estimate of drug-likeness (QED) is 0.107. The molecule has 0 fully saturated rings. The van der Waals surface area contributed by atoms with Gasteiger partial charge in [0.05, 0.1) is 11.6 Å². The van der Waals surface area contributed by atoms with E-state index in [1.807, 2.05) is 36.4 Å². The zero-order chi connectivity index (χ0) is 30.4. The third-order valence-corrected chi connectivity index (χ3v) is 8.09. The number of aromatic amines is 1. The zero-order valence-electron chi connectivity index (χ0n) is 27.3. The van der Waals surface area contributed by atoms with Gasteiger partial charge in [0, 0.05) is 24.0 Å². The Morgan fingerprint density at radius 3 is 1.62 bits per heavy atom. The Labute approximate surface area is 333 Å². The summed E-state index contributed by atoms with van der Waals surface area (Å²) in [6.07, 6.45) is 6.25. The summed E-state index contributed by atoms with van der Waals surface area (Å²) in [4.78, 5) is 3.59. The summed E-state index contributed by atoms with van der Waals surface area (Å²) in [6, 6.07) is 33.6. The van der Waals surface area contributed by atoms with Crippen molar-refractivity contribution in [2.24, 2.45) is 0 Å². The summed E-state index contributed by atoms with van der Waals surface area (Å²) in [5.41, 5.74) is 11.3. The number of H-pyrrole nitrogens is 1. The van der Waals surface area contributed by atoms with E-state index in [1.54, 1.807) is 0 Å². The van der Waals surface area contributed by atoms with Gasteiger partial charge in [-0.2, -0.15) is 0 Å². The SMILES string of the molecule is CCCCc1c(Cc2ccc(-c3ccccc3-c3nn[n-]n3)cc2)[nH]c[n+]1Cc1ccc(-c2ccccc2-c2nn[n-]n2)cc1.[Br-].[Na+].[Na+]. The van der Waals surface area contributed by atoms with Crippen molar-refractivity contribution in [2.75, 3.05) is 0 Å². The van der Waals surface area contributed by atoms with Crippen LogP contribution in [0, 0.1) is 0 Å². The molecule has 3 heterocycles. The smallest absolute Gasteiger partial charge is 1.00 e. The molecular weight excluding hydrogens is 686 g/mol. The molecule has 48 heavy (non-hydrogen) atoms. The van der Waals surface area contributed by atoms with Gasteiger partial charge in [-0.15, -0.1) is 0 Å². The van der Waals surface area contributed by atoms with E-state index >= 15 is 0 Å². The van der Waals surface area contributed by atoms with Gasteiger partial charge in [-0.1, -0.05) is 110 Å². The van der Waals surface area contributed by atoms with Crippen molar-refractivity contribution in [3.63, 3.8) is 0 Å². The van der Waals surface area contributed by atoms with Crippen LogP contribution >= 0.6 is 0 Å². The number of unbranched alkanes of at least 4 members (excludes halogenated alkanes) is 1. The summed E-state index contributed by atoms with van der Waals surface area (Å²) in [5, 5.41) is 30.8. The molecule has 0 radical (unpaired) electrons. The third kappa shape index (κ3) is 8.46. The van der Waals surface area contributed by atoms with Crippen LogP contribution in [0.5, 0.6) is 0 Å². The topological polar surface area (TPSA) is 125 Å². The van der Waals surface area contributed by atoms with Crippen molar-refractivity contribution in [3.05, 3.63) is 126 Å².